The van der Waals surface area contributed by atoms with Gasteiger partial charge in [-0.2, -0.15) is 0 Å². The van der Waals surface area contributed by atoms with E-state index >= 15 is 0 Å². The maximum atomic E-state index is 13.6. The molecule has 1 N–H and O–H groups in total. The normalized spacial score (nSPS) is 14.9. The molecule has 104 valence electrons. The number of hydrogen-bond donors (Lipinski definition) is 1. The molecule has 1 aliphatic rings. The van der Waals surface area contributed by atoms with Crippen LogP contribution in [0.25, 0.3) is 0 Å². The fraction of sp³-hybridized carbons (Fsp3) is 0.500. The van der Waals surface area contributed by atoms with Crippen molar-refractivity contribution in [1.29, 1.82) is 0 Å². The standard InChI is InChI=1S/C14H19FN2O2/c1-3-17(14(18)11-7-16-8-11)9-10-4-5-13(19-2)12(15)6-10/h4-6,11,16H,3,7-9H2,1-2H3. The van der Waals surface area contributed by atoms with E-state index in [9.17, 15) is 9.18 Å². The number of methoxy groups -OCH3 is 1. The number of nitrogens with one attached hydrogen (secondary N) is 1. The lowest BCUT2D eigenvalue weighted by atomic mass is 10.0. The molecule has 0 radical (unpaired) electrons. The van der Waals surface area contributed by atoms with E-state index in [0.29, 0.717) is 13.1 Å². The van der Waals surface area contributed by atoms with Crippen LogP contribution in [0.2, 0.25) is 0 Å². The van der Waals surface area contributed by atoms with E-state index in [1.54, 1.807) is 17.0 Å². The third-order valence-corrected chi connectivity index (χ3v) is 3.41. The molecule has 4 nitrogen and oxygen atoms in total. The average molecular weight is 266 g/mol. The number of carbonyl (C=O) groups excluding carboxylic acids is 1. The highest BCUT2D eigenvalue weighted by atomic mass is 19.1. The average Bonchev–Trinajstić information content (AvgIpc) is 2.34. The Morgan fingerprint density at radius 1 is 1.53 bits per heavy atom. The summed E-state index contributed by atoms with van der Waals surface area (Å²) in [4.78, 5) is 13.9. The highest BCUT2D eigenvalue weighted by Crippen LogP contribution is 2.19. The summed E-state index contributed by atoms with van der Waals surface area (Å²) in [5, 5.41) is 3.09. The molecule has 1 aromatic carbocycles. The first-order valence-corrected chi connectivity index (χ1v) is 6.47. The molecule has 19 heavy (non-hydrogen) atoms. The minimum absolute atomic E-state index is 0.0723. The van der Waals surface area contributed by atoms with E-state index in [0.717, 1.165) is 18.7 Å². The van der Waals surface area contributed by atoms with Gasteiger partial charge in [-0.3, -0.25) is 4.79 Å². The Kier molecular flexibility index (Phi) is 4.37. The van der Waals surface area contributed by atoms with Crippen molar-refractivity contribution in [3.63, 3.8) is 0 Å². The lowest BCUT2D eigenvalue weighted by molar-refractivity contribution is -0.137. The summed E-state index contributed by atoms with van der Waals surface area (Å²) in [6.45, 7) is 4.48. The first-order chi connectivity index (χ1) is 9.15. The van der Waals surface area contributed by atoms with Crippen LogP contribution < -0.4 is 10.1 Å². The van der Waals surface area contributed by atoms with Crippen LogP contribution in [-0.4, -0.2) is 37.6 Å². The van der Waals surface area contributed by atoms with Crippen molar-refractivity contribution in [2.45, 2.75) is 13.5 Å². The first-order valence-electron chi connectivity index (χ1n) is 6.47. The molecule has 0 atom stereocenters. The van der Waals surface area contributed by atoms with Crippen LogP contribution in [0.15, 0.2) is 18.2 Å². The van der Waals surface area contributed by atoms with Crippen molar-refractivity contribution in [1.82, 2.24) is 10.2 Å². The molecule has 1 aromatic rings. The van der Waals surface area contributed by atoms with Crippen LogP contribution in [0.1, 0.15) is 12.5 Å². The van der Waals surface area contributed by atoms with E-state index in [1.807, 2.05) is 6.92 Å². The molecule has 2 rings (SSSR count). The van der Waals surface area contributed by atoms with Gasteiger partial charge in [-0.25, -0.2) is 4.39 Å². The highest BCUT2D eigenvalue weighted by molar-refractivity contribution is 5.80. The molecule has 0 aromatic heterocycles. The zero-order valence-corrected chi connectivity index (χ0v) is 11.3. The second-order valence-electron chi connectivity index (χ2n) is 4.68. The monoisotopic (exact) mass is 266 g/mol. The number of amides is 1. The minimum Gasteiger partial charge on any atom is -0.494 e. The van der Waals surface area contributed by atoms with Crippen molar-refractivity contribution in [3.05, 3.63) is 29.6 Å². The Bertz CT molecular complexity index is 461. The summed E-state index contributed by atoms with van der Waals surface area (Å²) < 4.78 is 18.5. The van der Waals surface area contributed by atoms with Gasteiger partial charge in [-0.15, -0.1) is 0 Å². The molecule has 5 heteroatoms. The molecule has 0 spiro atoms. The molecule has 1 heterocycles. The smallest absolute Gasteiger partial charge is 0.228 e. The zero-order valence-electron chi connectivity index (χ0n) is 11.3. The highest BCUT2D eigenvalue weighted by Gasteiger charge is 2.28. The Morgan fingerprint density at radius 3 is 2.74 bits per heavy atom. The van der Waals surface area contributed by atoms with Gasteiger partial charge in [0.1, 0.15) is 0 Å². The van der Waals surface area contributed by atoms with Gasteiger partial charge in [-0.05, 0) is 24.6 Å². The van der Waals surface area contributed by atoms with Crippen LogP contribution in [0.4, 0.5) is 4.39 Å². The summed E-state index contributed by atoms with van der Waals surface area (Å²) in [6.07, 6.45) is 0. The molecular weight excluding hydrogens is 247 g/mol. The molecule has 1 fully saturated rings. The molecule has 0 saturated carbocycles. The Balaban J connectivity index is 2.05. The van der Waals surface area contributed by atoms with E-state index < -0.39 is 5.82 Å². The Labute approximate surface area is 112 Å². The van der Waals surface area contributed by atoms with Gasteiger partial charge < -0.3 is 15.0 Å². The third kappa shape index (κ3) is 3.04. The fourth-order valence-corrected chi connectivity index (χ4v) is 2.10. The van der Waals surface area contributed by atoms with E-state index in [-0.39, 0.29) is 17.6 Å². The van der Waals surface area contributed by atoms with Crippen LogP contribution in [-0.2, 0) is 11.3 Å². The van der Waals surface area contributed by atoms with Gasteiger partial charge >= 0.3 is 0 Å². The van der Waals surface area contributed by atoms with Crippen LogP contribution in [0, 0.1) is 11.7 Å². The van der Waals surface area contributed by atoms with Gasteiger partial charge in [0.25, 0.3) is 0 Å². The summed E-state index contributed by atoms with van der Waals surface area (Å²) in [5.74, 6) is 0.0376. The Morgan fingerprint density at radius 2 is 2.26 bits per heavy atom. The number of ether oxygens (including phenoxy) is 1. The fourth-order valence-electron chi connectivity index (χ4n) is 2.10. The van der Waals surface area contributed by atoms with Crippen LogP contribution in [0.3, 0.4) is 0 Å². The lowest BCUT2D eigenvalue weighted by Crippen LogP contribution is -2.51. The number of hydrogen-bond acceptors (Lipinski definition) is 3. The first kappa shape index (κ1) is 13.8. The lowest BCUT2D eigenvalue weighted by Gasteiger charge is -2.32. The second kappa shape index (κ2) is 6.02. The Hall–Kier alpha value is -1.62. The van der Waals surface area contributed by atoms with E-state index in [4.69, 9.17) is 4.74 Å². The number of nitrogens with zero attached hydrogens (tertiary/aromatic N) is 1. The van der Waals surface area contributed by atoms with Crippen molar-refractivity contribution in [2.24, 2.45) is 5.92 Å². The minimum atomic E-state index is -0.395. The van der Waals surface area contributed by atoms with E-state index in [1.165, 1.54) is 13.2 Å². The maximum absolute atomic E-state index is 13.6. The zero-order chi connectivity index (χ0) is 13.8. The molecule has 0 unspecified atom stereocenters. The largest absolute Gasteiger partial charge is 0.494 e. The predicted molar refractivity (Wildman–Crippen MR) is 70.4 cm³/mol. The van der Waals surface area contributed by atoms with Gasteiger partial charge in [-0.1, -0.05) is 6.07 Å². The third-order valence-electron chi connectivity index (χ3n) is 3.41. The molecule has 1 amide bonds. The number of carbonyl (C=O) groups is 1. The van der Waals surface area contributed by atoms with Gasteiger partial charge in [0.2, 0.25) is 5.91 Å². The van der Waals surface area contributed by atoms with Crippen molar-refractivity contribution in [2.75, 3.05) is 26.7 Å². The van der Waals surface area contributed by atoms with Gasteiger partial charge in [0.15, 0.2) is 11.6 Å². The van der Waals surface area contributed by atoms with Crippen molar-refractivity contribution < 1.29 is 13.9 Å². The molecule has 1 aliphatic heterocycles. The summed E-state index contributed by atoms with van der Waals surface area (Å²) in [6, 6.07) is 4.80. The van der Waals surface area contributed by atoms with Crippen molar-refractivity contribution in [3.8, 4) is 5.75 Å². The van der Waals surface area contributed by atoms with E-state index in [2.05, 4.69) is 5.32 Å². The number of halogens is 1. The van der Waals surface area contributed by atoms with Crippen LogP contribution in [0.5, 0.6) is 5.75 Å². The van der Waals surface area contributed by atoms with Crippen LogP contribution >= 0.6 is 0 Å². The number of rotatable bonds is 5. The topological polar surface area (TPSA) is 41.6 Å². The summed E-state index contributed by atoms with van der Waals surface area (Å²) in [5.41, 5.74) is 0.779. The maximum Gasteiger partial charge on any atom is 0.228 e. The molecule has 0 aliphatic carbocycles. The SMILES string of the molecule is CCN(Cc1ccc(OC)c(F)c1)C(=O)C1CNC1. The molecule has 0 bridgehead atoms. The molecular formula is C14H19FN2O2. The number of benzene rings is 1. The van der Waals surface area contributed by atoms with Gasteiger partial charge in [0.05, 0.1) is 13.0 Å². The molecule has 1 saturated heterocycles. The second-order valence-corrected chi connectivity index (χ2v) is 4.68. The summed E-state index contributed by atoms with van der Waals surface area (Å²) >= 11 is 0. The van der Waals surface area contributed by atoms with Crippen molar-refractivity contribution >= 4 is 5.91 Å². The summed E-state index contributed by atoms with van der Waals surface area (Å²) in [7, 11) is 1.43. The van der Waals surface area contributed by atoms with Gasteiger partial charge in [0, 0.05) is 26.2 Å². The predicted octanol–water partition coefficient (Wildman–Crippen LogP) is 1.40. The quantitative estimate of drug-likeness (QED) is 0.876.